The molecule has 1 fully saturated rings. The van der Waals surface area contributed by atoms with Crippen molar-refractivity contribution in [1.82, 2.24) is 15.1 Å². The maximum absolute atomic E-state index is 5.54. The number of ether oxygens (including phenoxy) is 1. The van der Waals surface area contributed by atoms with Crippen LogP contribution in [0.15, 0.2) is 6.07 Å². The molecular weight excluding hydrogens is 202 g/mol. The standard InChI is InChI=1S/C12H21N3O/c1-3-4-12-9-16-6-5-15(12)8-11-7-10(2)13-14-11/h7,12H,3-6,8-9H2,1-2H3,(H,13,14). The molecule has 1 aliphatic heterocycles. The Morgan fingerprint density at radius 3 is 3.19 bits per heavy atom. The SMILES string of the molecule is CCCC1COCCN1Cc1cc(C)[nH]n1. The number of morpholine rings is 1. The van der Waals surface area contributed by atoms with E-state index in [1.165, 1.54) is 12.8 Å². The molecule has 0 aliphatic carbocycles. The van der Waals surface area contributed by atoms with Crippen molar-refractivity contribution in [3.05, 3.63) is 17.5 Å². The van der Waals surface area contributed by atoms with Crippen LogP contribution in [-0.4, -0.2) is 40.9 Å². The predicted molar refractivity (Wildman–Crippen MR) is 63.2 cm³/mol. The van der Waals surface area contributed by atoms with E-state index in [-0.39, 0.29) is 0 Å². The molecule has 4 nitrogen and oxygen atoms in total. The number of aromatic nitrogens is 2. The normalized spacial score (nSPS) is 22.5. The molecule has 90 valence electrons. The van der Waals surface area contributed by atoms with Crippen molar-refractivity contribution >= 4 is 0 Å². The second-order valence-electron chi connectivity index (χ2n) is 4.53. The van der Waals surface area contributed by atoms with E-state index in [1.807, 2.05) is 6.92 Å². The minimum Gasteiger partial charge on any atom is -0.378 e. The molecular formula is C12H21N3O. The van der Waals surface area contributed by atoms with E-state index < -0.39 is 0 Å². The molecule has 1 N–H and O–H groups in total. The molecule has 0 amide bonds. The molecule has 0 radical (unpaired) electrons. The zero-order valence-electron chi connectivity index (χ0n) is 10.2. The molecule has 0 aromatic carbocycles. The highest BCUT2D eigenvalue weighted by molar-refractivity contribution is 5.06. The number of hydrogen-bond acceptors (Lipinski definition) is 3. The summed E-state index contributed by atoms with van der Waals surface area (Å²) in [5.41, 5.74) is 2.27. The Morgan fingerprint density at radius 1 is 1.62 bits per heavy atom. The van der Waals surface area contributed by atoms with Crippen molar-refractivity contribution in [1.29, 1.82) is 0 Å². The third-order valence-electron chi connectivity index (χ3n) is 3.10. The van der Waals surface area contributed by atoms with Gasteiger partial charge in [-0.1, -0.05) is 13.3 Å². The second-order valence-corrected chi connectivity index (χ2v) is 4.53. The second kappa shape index (κ2) is 5.46. The zero-order chi connectivity index (χ0) is 11.4. The van der Waals surface area contributed by atoms with E-state index in [1.54, 1.807) is 0 Å². The number of nitrogens with one attached hydrogen (secondary N) is 1. The third kappa shape index (κ3) is 2.83. The molecule has 2 heterocycles. The van der Waals surface area contributed by atoms with Crippen molar-refractivity contribution in [2.24, 2.45) is 0 Å². The number of aryl methyl sites for hydroxylation is 1. The molecule has 1 saturated heterocycles. The van der Waals surface area contributed by atoms with Gasteiger partial charge in [0.25, 0.3) is 0 Å². The maximum atomic E-state index is 5.54. The molecule has 0 spiro atoms. The molecule has 2 rings (SSSR count). The summed E-state index contributed by atoms with van der Waals surface area (Å²) in [6, 6.07) is 2.69. The van der Waals surface area contributed by atoms with Crippen LogP contribution in [0.25, 0.3) is 0 Å². The lowest BCUT2D eigenvalue weighted by Gasteiger charge is -2.34. The molecule has 1 atom stereocenters. The van der Waals surface area contributed by atoms with Crippen LogP contribution in [0, 0.1) is 6.92 Å². The van der Waals surface area contributed by atoms with Gasteiger partial charge in [-0.25, -0.2) is 0 Å². The van der Waals surface area contributed by atoms with E-state index in [2.05, 4.69) is 28.1 Å². The van der Waals surface area contributed by atoms with Gasteiger partial charge in [-0.15, -0.1) is 0 Å². The molecule has 1 aromatic rings. The quantitative estimate of drug-likeness (QED) is 0.845. The summed E-state index contributed by atoms with van der Waals surface area (Å²) in [6.07, 6.45) is 2.42. The Hall–Kier alpha value is -0.870. The van der Waals surface area contributed by atoms with Crippen LogP contribution in [0.2, 0.25) is 0 Å². The number of aromatic amines is 1. The Kier molecular flexibility index (Phi) is 3.96. The van der Waals surface area contributed by atoms with Crippen molar-refractivity contribution in [3.63, 3.8) is 0 Å². The minimum atomic E-state index is 0.566. The van der Waals surface area contributed by atoms with Crippen molar-refractivity contribution in [3.8, 4) is 0 Å². The lowest BCUT2D eigenvalue weighted by atomic mass is 10.1. The number of H-pyrrole nitrogens is 1. The van der Waals surface area contributed by atoms with E-state index in [0.29, 0.717) is 6.04 Å². The number of nitrogens with zero attached hydrogens (tertiary/aromatic N) is 2. The average molecular weight is 223 g/mol. The monoisotopic (exact) mass is 223 g/mol. The summed E-state index contributed by atoms with van der Waals surface area (Å²) in [4.78, 5) is 2.49. The summed E-state index contributed by atoms with van der Waals surface area (Å²) in [5.74, 6) is 0. The van der Waals surface area contributed by atoms with Gasteiger partial charge in [0.05, 0.1) is 18.9 Å². The smallest absolute Gasteiger partial charge is 0.0765 e. The van der Waals surface area contributed by atoms with Crippen molar-refractivity contribution < 1.29 is 4.74 Å². The molecule has 0 bridgehead atoms. The molecule has 0 saturated carbocycles. The fourth-order valence-electron chi connectivity index (χ4n) is 2.26. The summed E-state index contributed by atoms with van der Waals surface area (Å²) in [7, 11) is 0. The lowest BCUT2D eigenvalue weighted by molar-refractivity contribution is -0.0152. The summed E-state index contributed by atoms with van der Waals surface area (Å²) in [6.45, 7) is 7.96. The predicted octanol–water partition coefficient (Wildman–Crippen LogP) is 1.72. The highest BCUT2D eigenvalue weighted by Gasteiger charge is 2.22. The fourth-order valence-corrected chi connectivity index (χ4v) is 2.26. The van der Waals surface area contributed by atoms with Crippen LogP contribution in [0.1, 0.15) is 31.2 Å². The molecule has 16 heavy (non-hydrogen) atoms. The summed E-state index contributed by atoms with van der Waals surface area (Å²) < 4.78 is 5.54. The topological polar surface area (TPSA) is 41.1 Å². The first kappa shape index (κ1) is 11.6. The van der Waals surface area contributed by atoms with E-state index >= 15 is 0 Å². The van der Waals surface area contributed by atoms with Gasteiger partial charge in [-0.3, -0.25) is 10.00 Å². The summed E-state index contributed by atoms with van der Waals surface area (Å²) >= 11 is 0. The first-order valence-corrected chi connectivity index (χ1v) is 6.12. The van der Waals surface area contributed by atoms with Crippen molar-refractivity contribution in [2.75, 3.05) is 19.8 Å². The molecule has 4 heteroatoms. The van der Waals surface area contributed by atoms with Crippen LogP contribution in [0.5, 0.6) is 0 Å². The van der Waals surface area contributed by atoms with Gasteiger partial charge in [-0.05, 0) is 19.4 Å². The Bertz CT molecular complexity index is 322. The Balaban J connectivity index is 1.95. The lowest BCUT2D eigenvalue weighted by Crippen LogP contribution is -2.44. The highest BCUT2D eigenvalue weighted by atomic mass is 16.5. The highest BCUT2D eigenvalue weighted by Crippen LogP contribution is 2.15. The first-order chi connectivity index (χ1) is 7.79. The third-order valence-corrected chi connectivity index (χ3v) is 3.10. The Labute approximate surface area is 97.0 Å². The van der Waals surface area contributed by atoms with Crippen LogP contribution < -0.4 is 0 Å². The van der Waals surface area contributed by atoms with Crippen LogP contribution in [-0.2, 0) is 11.3 Å². The van der Waals surface area contributed by atoms with Gasteiger partial charge in [0.1, 0.15) is 0 Å². The van der Waals surface area contributed by atoms with Gasteiger partial charge in [-0.2, -0.15) is 5.10 Å². The largest absolute Gasteiger partial charge is 0.378 e. The molecule has 1 aromatic heterocycles. The van der Waals surface area contributed by atoms with Crippen LogP contribution >= 0.6 is 0 Å². The fraction of sp³-hybridized carbons (Fsp3) is 0.750. The summed E-state index contributed by atoms with van der Waals surface area (Å²) in [5, 5.41) is 7.29. The van der Waals surface area contributed by atoms with Gasteiger partial charge in [0, 0.05) is 24.8 Å². The van der Waals surface area contributed by atoms with Crippen LogP contribution in [0.4, 0.5) is 0 Å². The maximum Gasteiger partial charge on any atom is 0.0765 e. The van der Waals surface area contributed by atoms with Crippen LogP contribution in [0.3, 0.4) is 0 Å². The van der Waals surface area contributed by atoms with Crippen molar-refractivity contribution in [2.45, 2.75) is 39.3 Å². The van der Waals surface area contributed by atoms with E-state index in [9.17, 15) is 0 Å². The van der Waals surface area contributed by atoms with Gasteiger partial charge in [0.2, 0.25) is 0 Å². The Morgan fingerprint density at radius 2 is 2.50 bits per heavy atom. The average Bonchev–Trinajstić information content (AvgIpc) is 2.67. The van der Waals surface area contributed by atoms with Gasteiger partial charge >= 0.3 is 0 Å². The minimum absolute atomic E-state index is 0.566. The number of rotatable bonds is 4. The molecule has 1 aliphatic rings. The number of hydrogen-bond donors (Lipinski definition) is 1. The van der Waals surface area contributed by atoms with E-state index in [0.717, 1.165) is 37.7 Å². The van der Waals surface area contributed by atoms with E-state index in [4.69, 9.17) is 4.74 Å². The molecule has 1 unspecified atom stereocenters. The van der Waals surface area contributed by atoms with Gasteiger partial charge < -0.3 is 4.74 Å². The first-order valence-electron chi connectivity index (χ1n) is 6.12. The zero-order valence-corrected chi connectivity index (χ0v) is 10.2. The van der Waals surface area contributed by atoms with Gasteiger partial charge in [0.15, 0.2) is 0 Å².